The fraction of sp³-hybridized carbons (Fsp3) is 0.267. The molecular weight excluding hydrogens is 357 g/mol. The number of nitrogens with one attached hydrogen (secondary N) is 2. The van der Waals surface area contributed by atoms with Crippen molar-refractivity contribution in [3.05, 3.63) is 45.1 Å². The van der Waals surface area contributed by atoms with Crippen LogP contribution in [0.15, 0.2) is 29.5 Å². The zero-order chi connectivity index (χ0) is 17.4. The molecule has 7 nitrogen and oxygen atoms in total. The van der Waals surface area contributed by atoms with Gasteiger partial charge in [-0.3, -0.25) is 9.69 Å². The molecule has 0 unspecified atom stereocenters. The molecule has 2 aliphatic rings. The molecule has 0 aromatic heterocycles. The molecule has 0 bridgehead atoms. The first-order valence-electron chi connectivity index (χ1n) is 7.07. The van der Waals surface area contributed by atoms with Crippen LogP contribution < -0.4 is 10.6 Å². The lowest BCUT2D eigenvalue weighted by Crippen LogP contribution is -2.57. The van der Waals surface area contributed by atoms with Gasteiger partial charge in [0.25, 0.3) is 5.91 Å². The minimum absolute atomic E-state index is 0.00655. The van der Waals surface area contributed by atoms with Crippen LogP contribution in [0, 0.1) is 0 Å². The van der Waals surface area contributed by atoms with Crippen LogP contribution in [0.25, 0.3) is 0 Å². The van der Waals surface area contributed by atoms with E-state index in [1.165, 1.54) is 18.1 Å². The van der Waals surface area contributed by atoms with Crippen molar-refractivity contribution in [2.45, 2.75) is 6.04 Å². The van der Waals surface area contributed by atoms with Crippen molar-refractivity contribution in [1.29, 1.82) is 0 Å². The molecule has 2 heterocycles. The number of urea groups is 1. The van der Waals surface area contributed by atoms with Gasteiger partial charge in [-0.05, 0) is 17.7 Å². The zero-order valence-corrected chi connectivity index (χ0v) is 14.1. The van der Waals surface area contributed by atoms with Crippen LogP contribution in [0.5, 0.6) is 0 Å². The second kappa shape index (κ2) is 6.33. The first kappa shape index (κ1) is 16.6. The Morgan fingerprint density at radius 1 is 1.29 bits per heavy atom. The molecule has 9 heteroatoms. The third kappa shape index (κ3) is 2.70. The maximum atomic E-state index is 12.4. The summed E-state index contributed by atoms with van der Waals surface area (Å²) in [6, 6.07) is 3.38. The number of esters is 1. The summed E-state index contributed by atoms with van der Waals surface area (Å²) >= 11 is 11.9. The number of ether oxygens (including phenoxy) is 1. The first-order chi connectivity index (χ1) is 11.4. The molecule has 0 aliphatic carbocycles. The highest BCUT2D eigenvalue weighted by Crippen LogP contribution is 2.34. The number of amides is 3. The van der Waals surface area contributed by atoms with Crippen LogP contribution in [-0.2, 0) is 14.3 Å². The standard InChI is InChI=1S/C15H13Cl2N3O4/c1-24-14(22)10-11(7-2-3-8(16)9(17)6-7)19-15(23)20-5-4-18-13(21)12(10)20/h2-3,6,11H,4-5H2,1H3,(H,18,21)(H,19,23)/t11-/m0/s1. The van der Waals surface area contributed by atoms with Gasteiger partial charge in [0.1, 0.15) is 5.70 Å². The number of carbonyl (C=O) groups excluding carboxylic acids is 3. The lowest BCUT2D eigenvalue weighted by Gasteiger charge is -2.38. The molecule has 126 valence electrons. The van der Waals surface area contributed by atoms with Crippen molar-refractivity contribution in [2.75, 3.05) is 20.2 Å². The summed E-state index contributed by atoms with van der Waals surface area (Å²) in [6.45, 7) is 0.573. The van der Waals surface area contributed by atoms with Crippen molar-refractivity contribution in [1.82, 2.24) is 15.5 Å². The smallest absolute Gasteiger partial charge is 0.338 e. The number of methoxy groups -OCH3 is 1. The number of fused-ring (bicyclic) bond motifs is 1. The van der Waals surface area contributed by atoms with E-state index >= 15 is 0 Å². The summed E-state index contributed by atoms with van der Waals surface area (Å²) in [5.41, 5.74) is 0.560. The van der Waals surface area contributed by atoms with E-state index in [1.807, 2.05) is 0 Å². The SMILES string of the molecule is COC(=O)C1=C2C(=O)NCCN2C(=O)N[C@H]1c1ccc(Cl)c(Cl)c1. The normalized spacial score (nSPS) is 20.3. The van der Waals surface area contributed by atoms with Gasteiger partial charge >= 0.3 is 12.0 Å². The minimum atomic E-state index is -0.866. The van der Waals surface area contributed by atoms with E-state index in [-0.39, 0.29) is 22.8 Å². The molecule has 0 spiro atoms. The van der Waals surface area contributed by atoms with Gasteiger partial charge in [-0.1, -0.05) is 29.3 Å². The highest BCUT2D eigenvalue weighted by molar-refractivity contribution is 6.42. The zero-order valence-electron chi connectivity index (χ0n) is 12.6. The molecule has 0 radical (unpaired) electrons. The van der Waals surface area contributed by atoms with Gasteiger partial charge in [0.05, 0.1) is 28.8 Å². The van der Waals surface area contributed by atoms with Crippen molar-refractivity contribution in [2.24, 2.45) is 0 Å². The number of benzene rings is 1. The second-order valence-electron chi connectivity index (χ2n) is 5.22. The fourth-order valence-corrected chi connectivity index (χ4v) is 3.05. The molecule has 3 amide bonds. The molecule has 1 fully saturated rings. The van der Waals surface area contributed by atoms with Gasteiger partial charge in [0, 0.05) is 13.1 Å². The summed E-state index contributed by atoms with van der Waals surface area (Å²) in [4.78, 5) is 38.2. The summed E-state index contributed by atoms with van der Waals surface area (Å²) in [7, 11) is 1.21. The van der Waals surface area contributed by atoms with Crippen LogP contribution in [0.3, 0.4) is 0 Å². The predicted molar refractivity (Wildman–Crippen MR) is 86.5 cm³/mol. The Bertz CT molecular complexity index is 778. The summed E-state index contributed by atoms with van der Waals surface area (Å²) in [5.74, 6) is -1.20. The molecule has 3 rings (SSSR count). The number of nitrogens with zero attached hydrogens (tertiary/aromatic N) is 1. The van der Waals surface area contributed by atoms with Crippen LogP contribution >= 0.6 is 23.2 Å². The van der Waals surface area contributed by atoms with Crippen molar-refractivity contribution >= 4 is 41.1 Å². The minimum Gasteiger partial charge on any atom is -0.466 e. The van der Waals surface area contributed by atoms with Crippen LogP contribution in [-0.4, -0.2) is 43.0 Å². The molecular formula is C15H13Cl2N3O4. The van der Waals surface area contributed by atoms with Gasteiger partial charge in [-0.2, -0.15) is 0 Å². The molecule has 0 saturated carbocycles. The van der Waals surface area contributed by atoms with Crippen molar-refractivity contribution in [3.8, 4) is 0 Å². The maximum absolute atomic E-state index is 12.4. The van der Waals surface area contributed by atoms with E-state index < -0.39 is 23.9 Å². The lowest BCUT2D eigenvalue weighted by atomic mass is 9.93. The van der Waals surface area contributed by atoms with Gasteiger partial charge in [-0.15, -0.1) is 0 Å². The van der Waals surface area contributed by atoms with E-state index in [2.05, 4.69) is 10.6 Å². The first-order valence-corrected chi connectivity index (χ1v) is 7.83. The number of hydrogen-bond acceptors (Lipinski definition) is 4. The Morgan fingerprint density at radius 3 is 2.71 bits per heavy atom. The summed E-state index contributed by atoms with van der Waals surface area (Å²) in [6.07, 6.45) is 0. The molecule has 1 aromatic carbocycles. The number of hydrogen-bond donors (Lipinski definition) is 2. The highest BCUT2D eigenvalue weighted by Gasteiger charge is 2.42. The van der Waals surface area contributed by atoms with E-state index in [0.717, 1.165) is 0 Å². The van der Waals surface area contributed by atoms with Gasteiger partial charge in [0.15, 0.2) is 0 Å². The van der Waals surface area contributed by atoms with E-state index in [0.29, 0.717) is 17.1 Å². The van der Waals surface area contributed by atoms with Crippen LogP contribution in [0.1, 0.15) is 11.6 Å². The average Bonchev–Trinajstić information content (AvgIpc) is 2.57. The number of rotatable bonds is 2. The largest absolute Gasteiger partial charge is 0.466 e. The molecule has 1 atom stereocenters. The number of piperazine rings is 1. The van der Waals surface area contributed by atoms with Gasteiger partial charge in [-0.25, -0.2) is 9.59 Å². The summed E-state index contributed by atoms with van der Waals surface area (Å²) in [5, 5.41) is 5.95. The van der Waals surface area contributed by atoms with E-state index in [9.17, 15) is 14.4 Å². The van der Waals surface area contributed by atoms with E-state index in [1.54, 1.807) is 12.1 Å². The monoisotopic (exact) mass is 369 g/mol. The Kier molecular flexibility index (Phi) is 4.38. The van der Waals surface area contributed by atoms with E-state index in [4.69, 9.17) is 27.9 Å². The van der Waals surface area contributed by atoms with Crippen LogP contribution in [0.4, 0.5) is 4.79 Å². The molecule has 1 saturated heterocycles. The topological polar surface area (TPSA) is 87.7 Å². The molecule has 1 aromatic rings. The Morgan fingerprint density at radius 2 is 2.04 bits per heavy atom. The second-order valence-corrected chi connectivity index (χ2v) is 6.03. The highest BCUT2D eigenvalue weighted by atomic mass is 35.5. The van der Waals surface area contributed by atoms with Crippen LogP contribution in [0.2, 0.25) is 10.0 Å². The Labute approximate surface area is 147 Å². The fourth-order valence-electron chi connectivity index (χ4n) is 2.75. The number of carbonyl (C=O) groups is 3. The van der Waals surface area contributed by atoms with Gasteiger partial charge in [0.2, 0.25) is 0 Å². The molecule has 2 aliphatic heterocycles. The van der Waals surface area contributed by atoms with Crippen molar-refractivity contribution < 1.29 is 19.1 Å². The third-order valence-electron chi connectivity index (χ3n) is 3.85. The predicted octanol–water partition coefficient (Wildman–Crippen LogP) is 1.62. The summed E-state index contributed by atoms with van der Waals surface area (Å²) < 4.78 is 4.81. The molecule has 24 heavy (non-hydrogen) atoms. The number of halogens is 2. The third-order valence-corrected chi connectivity index (χ3v) is 4.58. The van der Waals surface area contributed by atoms with Gasteiger partial charge < -0.3 is 15.4 Å². The quantitative estimate of drug-likeness (QED) is 0.775. The molecule has 2 N–H and O–H groups in total. The van der Waals surface area contributed by atoms with Crippen molar-refractivity contribution in [3.63, 3.8) is 0 Å². The maximum Gasteiger partial charge on any atom is 0.338 e. The Balaban J connectivity index is 2.18. The average molecular weight is 370 g/mol. The lowest BCUT2D eigenvalue weighted by molar-refractivity contribution is -0.137. The Hall–Kier alpha value is -2.25.